The van der Waals surface area contributed by atoms with Crippen molar-refractivity contribution in [3.8, 4) is 5.75 Å². The van der Waals surface area contributed by atoms with Gasteiger partial charge in [0.2, 0.25) is 11.3 Å². The van der Waals surface area contributed by atoms with Gasteiger partial charge in [-0.15, -0.1) is 10.2 Å². The first kappa shape index (κ1) is 37.7. The molecule has 0 aromatic carbocycles. The topological polar surface area (TPSA) is 198 Å². The van der Waals surface area contributed by atoms with Gasteiger partial charge < -0.3 is 24.6 Å². The first-order chi connectivity index (χ1) is 23.1. The number of aromatic nitrogens is 6. The van der Waals surface area contributed by atoms with Gasteiger partial charge in [0.15, 0.2) is 11.5 Å². The van der Waals surface area contributed by atoms with E-state index in [4.69, 9.17) is 14.2 Å². The summed E-state index contributed by atoms with van der Waals surface area (Å²) in [5, 5.41) is 28.0. The molecule has 0 radical (unpaired) electrons. The van der Waals surface area contributed by atoms with Crippen LogP contribution in [0.25, 0.3) is 0 Å². The number of alkyl halides is 3. The van der Waals surface area contributed by atoms with Gasteiger partial charge in [-0.05, 0) is 59.7 Å². The molecule has 1 amide bonds. The van der Waals surface area contributed by atoms with Crippen molar-refractivity contribution >= 4 is 29.6 Å². The van der Waals surface area contributed by atoms with Crippen LogP contribution in [0.3, 0.4) is 0 Å². The Morgan fingerprint density at radius 3 is 2.28 bits per heavy atom. The van der Waals surface area contributed by atoms with Gasteiger partial charge in [-0.2, -0.15) is 5.10 Å². The maximum atomic E-state index is 15.7. The number of nitrogens with one attached hydrogen (secondary N) is 1. The Morgan fingerprint density at radius 2 is 1.70 bits per heavy atom. The normalized spacial score (nSPS) is 16.3. The van der Waals surface area contributed by atoms with E-state index in [-0.39, 0.29) is 29.4 Å². The minimum Gasteiger partial charge on any atom is -0.490 e. The predicted molar refractivity (Wildman–Crippen MR) is 167 cm³/mol. The fourth-order valence-electron chi connectivity index (χ4n) is 4.84. The second kappa shape index (κ2) is 14.4. The van der Waals surface area contributed by atoms with Crippen molar-refractivity contribution in [3.63, 3.8) is 0 Å². The van der Waals surface area contributed by atoms with Crippen molar-refractivity contribution < 1.29 is 51.7 Å². The standard InChI is InChI=1S/C32H38F3N7O8/c1-29(2,3)49-26(44)22-17-42(41-38-22)16-18(33)13-32(27(45)46,28(47)50-30(4,5)6)23-7-8-24(40-39-23)37-25(43)12-19-11-20(9-10-36-19)48-21-14-31(34,35)15-21/h7-11,17-18,21H,12-16H2,1-6H3,(H,45,46)(H,37,40,43)/t18?,32-/m1/s1. The molecule has 3 aromatic rings. The summed E-state index contributed by atoms with van der Waals surface area (Å²) in [7, 11) is 0. The molecule has 0 saturated heterocycles. The van der Waals surface area contributed by atoms with Gasteiger partial charge in [0, 0.05) is 31.5 Å². The van der Waals surface area contributed by atoms with Crippen molar-refractivity contribution in [2.75, 3.05) is 5.32 Å². The molecule has 270 valence electrons. The third-order valence-corrected chi connectivity index (χ3v) is 7.03. The van der Waals surface area contributed by atoms with Gasteiger partial charge in [-0.25, -0.2) is 22.6 Å². The van der Waals surface area contributed by atoms with Crippen LogP contribution in [0.1, 0.15) is 82.7 Å². The number of aliphatic carboxylic acids is 1. The van der Waals surface area contributed by atoms with Crippen LogP contribution in [0, 0.1) is 0 Å². The fraction of sp³-hybridized carbons (Fsp3) is 0.531. The second-order valence-corrected chi connectivity index (χ2v) is 13.9. The number of anilines is 1. The molecule has 3 heterocycles. The molecule has 15 nitrogen and oxygen atoms in total. The lowest BCUT2D eigenvalue weighted by molar-refractivity contribution is -0.171. The molecule has 50 heavy (non-hydrogen) atoms. The van der Waals surface area contributed by atoms with E-state index in [9.17, 15) is 33.1 Å². The van der Waals surface area contributed by atoms with Crippen LogP contribution in [-0.4, -0.2) is 88.5 Å². The Kier molecular flexibility index (Phi) is 10.8. The maximum Gasteiger partial charge on any atom is 0.361 e. The van der Waals surface area contributed by atoms with E-state index >= 15 is 4.39 Å². The van der Waals surface area contributed by atoms with Gasteiger partial charge in [0.1, 0.15) is 29.2 Å². The molecule has 18 heteroatoms. The van der Waals surface area contributed by atoms with Crippen molar-refractivity contribution in [3.05, 3.63) is 53.7 Å². The van der Waals surface area contributed by atoms with Gasteiger partial charge in [-0.1, -0.05) is 5.21 Å². The molecule has 0 bridgehead atoms. The van der Waals surface area contributed by atoms with Crippen LogP contribution >= 0.6 is 0 Å². The van der Waals surface area contributed by atoms with Crippen LogP contribution in [0.15, 0.2) is 36.7 Å². The van der Waals surface area contributed by atoms with Crippen LogP contribution in [-0.2, 0) is 42.2 Å². The Balaban J connectivity index is 1.49. The van der Waals surface area contributed by atoms with Crippen molar-refractivity contribution in [2.45, 2.75) is 109 Å². The lowest BCUT2D eigenvalue weighted by Gasteiger charge is -2.34. The number of hydrogen-bond acceptors (Lipinski definition) is 12. The number of hydrogen-bond donors (Lipinski definition) is 2. The number of rotatable bonds is 13. The number of halogens is 3. The lowest BCUT2D eigenvalue weighted by atomic mass is 9.79. The van der Waals surface area contributed by atoms with E-state index < -0.39 is 90.1 Å². The van der Waals surface area contributed by atoms with Gasteiger partial charge >= 0.3 is 17.9 Å². The number of carbonyl (C=O) groups excluding carboxylic acids is 3. The van der Waals surface area contributed by atoms with Crippen LogP contribution < -0.4 is 10.1 Å². The zero-order valence-corrected chi connectivity index (χ0v) is 28.3. The average Bonchev–Trinajstić information content (AvgIpc) is 3.42. The molecule has 2 N–H and O–H groups in total. The molecular weight excluding hydrogens is 667 g/mol. The summed E-state index contributed by atoms with van der Waals surface area (Å²) in [4.78, 5) is 55.4. The Hall–Kier alpha value is -5.16. The number of nitrogens with zero attached hydrogens (tertiary/aromatic N) is 6. The Bertz CT molecular complexity index is 1720. The van der Waals surface area contributed by atoms with E-state index in [1.54, 1.807) is 20.8 Å². The fourth-order valence-corrected chi connectivity index (χ4v) is 4.84. The summed E-state index contributed by atoms with van der Waals surface area (Å²) in [5.41, 5.74) is -5.09. The number of carboxylic acid groups (broad SMARTS) is 1. The summed E-state index contributed by atoms with van der Waals surface area (Å²) in [6.07, 6.45) is -2.24. The van der Waals surface area contributed by atoms with Crippen molar-refractivity contribution in [2.24, 2.45) is 0 Å². The summed E-state index contributed by atoms with van der Waals surface area (Å²) in [6.45, 7) is 8.87. The van der Waals surface area contributed by atoms with E-state index in [1.807, 2.05) is 0 Å². The number of esters is 2. The summed E-state index contributed by atoms with van der Waals surface area (Å²) >= 11 is 0. The molecule has 1 fully saturated rings. The molecule has 1 saturated carbocycles. The third-order valence-electron chi connectivity index (χ3n) is 7.03. The number of ether oxygens (including phenoxy) is 3. The van der Waals surface area contributed by atoms with E-state index in [2.05, 4.69) is 30.8 Å². The highest BCUT2D eigenvalue weighted by atomic mass is 19.3. The van der Waals surface area contributed by atoms with Crippen LogP contribution in [0.2, 0.25) is 0 Å². The molecule has 1 aliphatic rings. The molecular formula is C32H38F3N7O8. The van der Waals surface area contributed by atoms with E-state index in [0.29, 0.717) is 0 Å². The first-order valence-electron chi connectivity index (χ1n) is 15.5. The number of carbonyl (C=O) groups is 4. The minimum atomic E-state index is -2.76. The highest BCUT2D eigenvalue weighted by Gasteiger charge is 2.54. The monoisotopic (exact) mass is 705 g/mol. The van der Waals surface area contributed by atoms with Gasteiger partial charge in [-0.3, -0.25) is 19.4 Å². The van der Waals surface area contributed by atoms with E-state index in [0.717, 1.165) is 16.9 Å². The minimum absolute atomic E-state index is 0.125. The quantitative estimate of drug-likeness (QED) is 0.192. The highest BCUT2D eigenvalue weighted by molar-refractivity contribution is 6.05. The molecule has 4 rings (SSSR count). The number of carboxylic acids is 1. The maximum absolute atomic E-state index is 15.7. The van der Waals surface area contributed by atoms with Crippen molar-refractivity contribution in [1.29, 1.82) is 0 Å². The highest BCUT2D eigenvalue weighted by Crippen LogP contribution is 2.40. The number of amides is 1. The first-order valence-corrected chi connectivity index (χ1v) is 15.5. The molecule has 0 spiro atoms. The number of pyridine rings is 1. The average molecular weight is 706 g/mol. The largest absolute Gasteiger partial charge is 0.490 e. The van der Waals surface area contributed by atoms with Crippen molar-refractivity contribution in [1.82, 2.24) is 30.2 Å². The van der Waals surface area contributed by atoms with Crippen LogP contribution in [0.4, 0.5) is 19.0 Å². The Morgan fingerprint density at radius 1 is 1.02 bits per heavy atom. The van der Waals surface area contributed by atoms with Gasteiger partial charge in [0.05, 0.1) is 30.6 Å². The zero-order chi connectivity index (χ0) is 37.1. The zero-order valence-electron chi connectivity index (χ0n) is 28.3. The van der Waals surface area contributed by atoms with E-state index in [1.165, 1.54) is 45.2 Å². The SMILES string of the molecule is CC(C)(C)OC(=O)c1cn(CC(F)C[C@@](C(=O)O)(C(=O)OC(C)(C)C)c2ccc(NC(=O)Cc3cc(OC4CC(F)(F)C4)ccn3)nn2)nn1. The molecule has 3 aromatic heterocycles. The summed E-state index contributed by atoms with van der Waals surface area (Å²) < 4.78 is 59.1. The Labute approximate surface area is 284 Å². The third kappa shape index (κ3) is 9.94. The van der Waals surface area contributed by atoms with Crippen LogP contribution in [0.5, 0.6) is 5.75 Å². The smallest absolute Gasteiger partial charge is 0.361 e. The summed E-state index contributed by atoms with van der Waals surface area (Å²) in [5.74, 6) is -7.09. The molecule has 2 atom stereocenters. The predicted octanol–water partition coefficient (Wildman–Crippen LogP) is 3.87. The second-order valence-electron chi connectivity index (χ2n) is 13.9. The summed E-state index contributed by atoms with van der Waals surface area (Å²) in [6, 6.07) is 5.21. The lowest BCUT2D eigenvalue weighted by Crippen LogP contribution is -2.50. The molecule has 1 unspecified atom stereocenters. The molecule has 1 aliphatic carbocycles. The molecule has 0 aliphatic heterocycles. The van der Waals surface area contributed by atoms with Gasteiger partial charge in [0.25, 0.3) is 5.92 Å².